The Hall–Kier alpha value is -1.89. The van der Waals surface area contributed by atoms with Crippen molar-refractivity contribution in [2.45, 2.75) is 44.6 Å². The van der Waals surface area contributed by atoms with Crippen molar-refractivity contribution in [3.8, 4) is 0 Å². The lowest BCUT2D eigenvalue weighted by Crippen LogP contribution is -2.23. The smallest absolute Gasteiger partial charge is 0.185 e. The third-order valence-electron chi connectivity index (χ3n) is 3.84. The molecule has 7 nitrogen and oxygen atoms in total. The molecule has 0 radical (unpaired) electrons. The molecule has 0 aromatic carbocycles. The Morgan fingerprint density at radius 3 is 3.00 bits per heavy atom. The molecule has 1 fully saturated rings. The van der Waals surface area contributed by atoms with E-state index in [2.05, 4.69) is 10.1 Å². The summed E-state index contributed by atoms with van der Waals surface area (Å²) in [5.41, 5.74) is 17.4. The van der Waals surface area contributed by atoms with Crippen LogP contribution >= 0.6 is 0 Å². The maximum atomic E-state index is 11.2. The number of aliphatic imine (C=N–C) groups is 1. The third-order valence-corrected chi connectivity index (χ3v) is 3.84. The molecular weight excluding hydrogens is 270 g/mol. The lowest BCUT2D eigenvalue weighted by atomic mass is 9.97. The predicted octanol–water partition coefficient (Wildman–Crippen LogP) is 0.640. The van der Waals surface area contributed by atoms with E-state index in [1.807, 2.05) is 6.07 Å². The highest BCUT2D eigenvalue weighted by atomic mass is 16.5. The molecule has 0 saturated heterocycles. The second kappa shape index (κ2) is 7.21. The maximum Gasteiger partial charge on any atom is 0.185 e. The maximum absolute atomic E-state index is 11.2. The van der Waals surface area contributed by atoms with Crippen molar-refractivity contribution in [3.05, 3.63) is 17.5 Å². The van der Waals surface area contributed by atoms with Crippen molar-refractivity contribution in [2.24, 2.45) is 28.1 Å². The number of hydrogen-bond donors (Lipinski definition) is 3. The van der Waals surface area contributed by atoms with Gasteiger partial charge in [0.05, 0.1) is 6.04 Å². The number of Topliss-reactive ketones (excluding diaryl/α,β-unsaturated/α-hetero) is 1. The van der Waals surface area contributed by atoms with Gasteiger partial charge in [-0.15, -0.1) is 0 Å². The molecule has 2 atom stereocenters. The minimum Gasteiger partial charge on any atom is -0.370 e. The lowest BCUT2D eigenvalue weighted by Gasteiger charge is -2.11. The van der Waals surface area contributed by atoms with Gasteiger partial charge in [-0.25, -0.2) is 0 Å². The summed E-state index contributed by atoms with van der Waals surface area (Å²) in [6, 6.07) is 1.70. The van der Waals surface area contributed by atoms with Gasteiger partial charge >= 0.3 is 0 Å². The number of aromatic nitrogens is 1. The van der Waals surface area contributed by atoms with Crippen molar-refractivity contribution in [1.82, 2.24) is 5.16 Å². The van der Waals surface area contributed by atoms with E-state index < -0.39 is 0 Å². The molecule has 1 aliphatic rings. The number of hydrogen-bond acceptors (Lipinski definition) is 5. The normalized spacial score (nSPS) is 19.7. The average Bonchev–Trinajstić information content (AvgIpc) is 3.05. The summed E-state index contributed by atoms with van der Waals surface area (Å²) in [4.78, 5) is 15.1. The van der Waals surface area contributed by atoms with Crippen LogP contribution in [0.4, 0.5) is 0 Å². The fourth-order valence-corrected chi connectivity index (χ4v) is 2.62. The van der Waals surface area contributed by atoms with Crippen LogP contribution < -0.4 is 17.2 Å². The van der Waals surface area contributed by atoms with Crippen molar-refractivity contribution < 1.29 is 9.32 Å². The zero-order chi connectivity index (χ0) is 15.2. The van der Waals surface area contributed by atoms with Crippen LogP contribution in [0.1, 0.15) is 49.6 Å². The second-order valence-corrected chi connectivity index (χ2v) is 5.61. The zero-order valence-electron chi connectivity index (χ0n) is 12.1. The molecule has 6 N–H and O–H groups in total. The Morgan fingerprint density at radius 2 is 2.33 bits per heavy atom. The average molecular weight is 293 g/mol. The first kappa shape index (κ1) is 15.5. The van der Waals surface area contributed by atoms with Gasteiger partial charge in [-0.1, -0.05) is 5.16 Å². The minimum absolute atomic E-state index is 0.0672. The van der Waals surface area contributed by atoms with E-state index in [0.29, 0.717) is 31.1 Å². The second-order valence-electron chi connectivity index (χ2n) is 5.61. The highest BCUT2D eigenvalue weighted by molar-refractivity contribution is 5.80. The Kier molecular flexibility index (Phi) is 5.32. The topological polar surface area (TPSA) is 134 Å². The van der Waals surface area contributed by atoms with Gasteiger partial charge in [0.2, 0.25) is 0 Å². The predicted molar refractivity (Wildman–Crippen MR) is 79.4 cm³/mol. The Bertz CT molecular complexity index is 507. The molecule has 1 aromatic heterocycles. The molecule has 0 amide bonds. The van der Waals surface area contributed by atoms with Gasteiger partial charge in [-0.2, -0.15) is 0 Å². The molecule has 7 heteroatoms. The molecule has 0 bridgehead atoms. The Morgan fingerprint density at radius 1 is 1.52 bits per heavy atom. The number of ketones is 1. The molecule has 0 spiro atoms. The first-order chi connectivity index (χ1) is 10.0. The van der Waals surface area contributed by atoms with Crippen LogP contribution in [-0.4, -0.2) is 23.4 Å². The van der Waals surface area contributed by atoms with Gasteiger partial charge in [0, 0.05) is 31.9 Å². The van der Waals surface area contributed by atoms with Crippen LogP contribution in [-0.2, 0) is 11.2 Å². The van der Waals surface area contributed by atoms with Crippen LogP contribution in [0.2, 0.25) is 0 Å². The van der Waals surface area contributed by atoms with Crippen molar-refractivity contribution >= 4 is 11.7 Å². The first-order valence-corrected chi connectivity index (χ1v) is 7.32. The number of carbonyl (C=O) groups is 1. The number of rotatable bonds is 7. The van der Waals surface area contributed by atoms with Crippen LogP contribution in [0.15, 0.2) is 15.6 Å². The summed E-state index contributed by atoms with van der Waals surface area (Å²) >= 11 is 0. The number of nitrogens with zero attached hydrogens (tertiary/aromatic N) is 2. The van der Waals surface area contributed by atoms with Gasteiger partial charge in [-0.05, 0) is 25.2 Å². The summed E-state index contributed by atoms with van der Waals surface area (Å²) in [7, 11) is 0. The molecule has 116 valence electrons. The fraction of sp³-hybridized carbons (Fsp3) is 0.643. The minimum atomic E-state index is -0.152. The van der Waals surface area contributed by atoms with Crippen molar-refractivity contribution in [3.63, 3.8) is 0 Å². The van der Waals surface area contributed by atoms with Crippen LogP contribution in [0, 0.1) is 5.92 Å². The molecule has 1 aliphatic carbocycles. The Balaban J connectivity index is 1.77. The summed E-state index contributed by atoms with van der Waals surface area (Å²) in [5, 5.41) is 4.00. The van der Waals surface area contributed by atoms with E-state index in [0.717, 1.165) is 37.1 Å². The Labute approximate surface area is 123 Å². The summed E-state index contributed by atoms with van der Waals surface area (Å²) < 4.78 is 5.22. The molecule has 21 heavy (non-hydrogen) atoms. The van der Waals surface area contributed by atoms with Crippen molar-refractivity contribution in [1.29, 1.82) is 0 Å². The third kappa shape index (κ3) is 4.86. The van der Waals surface area contributed by atoms with Crippen molar-refractivity contribution in [2.75, 3.05) is 6.54 Å². The van der Waals surface area contributed by atoms with E-state index >= 15 is 0 Å². The molecule has 1 heterocycles. The lowest BCUT2D eigenvalue weighted by molar-refractivity contribution is -0.117. The standard InChI is InChI=1S/C14H23N5O2/c15-12(4-2-9-1-3-10(20)7-9)13-8-11(21-19-13)5-6-18-14(16)17/h8-9,12H,1-7,15H2,(H4,16,17,18)/t9-,12-/m0/s1. The highest BCUT2D eigenvalue weighted by Gasteiger charge is 2.23. The van der Waals surface area contributed by atoms with Crippen LogP contribution in [0.3, 0.4) is 0 Å². The SMILES string of the molecule is NC(N)=NCCc1cc([C@@H](N)CC[C@@H]2CCC(=O)C2)no1. The number of nitrogens with two attached hydrogens (primary N) is 3. The largest absolute Gasteiger partial charge is 0.370 e. The zero-order valence-corrected chi connectivity index (χ0v) is 12.1. The van der Waals surface area contributed by atoms with Gasteiger partial charge in [-0.3, -0.25) is 9.79 Å². The van der Waals surface area contributed by atoms with E-state index in [4.69, 9.17) is 21.7 Å². The molecule has 0 aliphatic heterocycles. The fourth-order valence-electron chi connectivity index (χ4n) is 2.62. The van der Waals surface area contributed by atoms with E-state index in [1.165, 1.54) is 0 Å². The van der Waals surface area contributed by atoms with E-state index in [-0.39, 0.29) is 12.0 Å². The molecular formula is C14H23N5O2. The first-order valence-electron chi connectivity index (χ1n) is 7.32. The molecule has 1 saturated carbocycles. The molecule has 0 unspecified atom stereocenters. The van der Waals surface area contributed by atoms with Crippen LogP contribution in [0.25, 0.3) is 0 Å². The molecule has 1 aromatic rings. The van der Waals surface area contributed by atoms with Crippen LogP contribution in [0.5, 0.6) is 0 Å². The van der Waals surface area contributed by atoms with E-state index in [9.17, 15) is 4.79 Å². The van der Waals surface area contributed by atoms with Gasteiger partial charge in [0.25, 0.3) is 0 Å². The van der Waals surface area contributed by atoms with E-state index in [1.54, 1.807) is 0 Å². The van der Waals surface area contributed by atoms with Gasteiger partial charge in [0.15, 0.2) is 5.96 Å². The quantitative estimate of drug-likeness (QED) is 0.499. The number of carbonyl (C=O) groups excluding carboxylic acids is 1. The monoisotopic (exact) mass is 293 g/mol. The summed E-state index contributed by atoms with van der Waals surface area (Å²) in [5.74, 6) is 1.65. The van der Waals surface area contributed by atoms with Gasteiger partial charge < -0.3 is 21.7 Å². The number of guanidine groups is 1. The molecule has 2 rings (SSSR count). The highest BCUT2D eigenvalue weighted by Crippen LogP contribution is 2.28. The summed E-state index contributed by atoms with van der Waals surface area (Å²) in [6.45, 7) is 0.469. The summed E-state index contributed by atoms with van der Waals surface area (Å²) in [6.07, 6.45) is 4.79. The van der Waals surface area contributed by atoms with Gasteiger partial charge in [0.1, 0.15) is 17.2 Å².